The molecule has 2 aliphatic heterocycles. The lowest BCUT2D eigenvalue weighted by Crippen LogP contribution is -2.37. The second kappa shape index (κ2) is 18.7. The highest BCUT2D eigenvalue weighted by molar-refractivity contribution is 7.86. The van der Waals surface area contributed by atoms with Crippen molar-refractivity contribution in [2.24, 2.45) is 0 Å². The van der Waals surface area contributed by atoms with E-state index in [1.54, 1.807) is 24.3 Å². The Bertz CT molecular complexity index is 2750. The molecule has 348 valence electrons. The molecule has 0 fully saturated rings. The van der Waals surface area contributed by atoms with E-state index in [2.05, 4.69) is 109 Å². The molecule has 0 radical (unpaired) electrons. The van der Waals surface area contributed by atoms with Gasteiger partial charge < -0.3 is 18.6 Å². The fraction of sp³-hybridized carbons (Fsp3) is 0.460. The maximum atomic E-state index is 12.3. The van der Waals surface area contributed by atoms with Gasteiger partial charge in [-0.1, -0.05) is 32.1 Å². The Balaban J connectivity index is 1.48. The molecule has 0 unspecified atom stereocenters. The van der Waals surface area contributed by atoms with Crippen molar-refractivity contribution in [3.63, 3.8) is 0 Å². The van der Waals surface area contributed by atoms with E-state index in [0.717, 1.165) is 111 Å². The first-order chi connectivity index (χ1) is 30.2. The Morgan fingerprint density at radius 3 is 2.02 bits per heavy atom. The zero-order chi connectivity index (χ0) is 47.8. The first kappa shape index (κ1) is 49.5. The van der Waals surface area contributed by atoms with E-state index in [9.17, 15) is 25.9 Å². The van der Waals surface area contributed by atoms with E-state index in [1.165, 1.54) is 12.1 Å². The summed E-state index contributed by atoms with van der Waals surface area (Å²) in [6, 6.07) is 17.5. The van der Waals surface area contributed by atoms with Crippen LogP contribution in [0.5, 0.6) is 5.75 Å². The number of fused-ring (bicyclic) bond motifs is 2. The number of diazo groups is 1. The molecule has 13 nitrogen and oxygen atoms in total. The molecule has 1 aliphatic carbocycles. The fourth-order valence-corrected chi connectivity index (χ4v) is 10.3. The van der Waals surface area contributed by atoms with Gasteiger partial charge in [0.25, 0.3) is 20.2 Å². The molecule has 15 heteroatoms. The lowest BCUT2D eigenvalue weighted by Gasteiger charge is -2.29. The van der Waals surface area contributed by atoms with Crippen LogP contribution in [0.4, 0.5) is 11.4 Å². The van der Waals surface area contributed by atoms with Crippen LogP contribution in [0.3, 0.4) is 0 Å². The van der Waals surface area contributed by atoms with E-state index in [-0.39, 0.29) is 9.79 Å². The smallest absolute Gasteiger partial charge is 0.309 e. The van der Waals surface area contributed by atoms with Crippen LogP contribution in [0.2, 0.25) is 0 Å². The molecule has 65 heavy (non-hydrogen) atoms. The second-order valence-electron chi connectivity index (χ2n) is 20.6. The topological polar surface area (TPSA) is 152 Å². The minimum atomic E-state index is -4.42. The molecule has 0 amide bonds. The predicted molar refractivity (Wildman–Crippen MR) is 258 cm³/mol. The molecule has 0 saturated heterocycles. The van der Waals surface area contributed by atoms with Gasteiger partial charge in [0, 0.05) is 47.5 Å². The first-order valence-electron chi connectivity index (χ1n) is 22.4. The third-order valence-corrected chi connectivity index (χ3v) is 14.4. The van der Waals surface area contributed by atoms with Crippen molar-refractivity contribution < 1.29 is 44.2 Å². The number of allylic oxidation sites excluding steroid dienone is 7. The number of benzene rings is 3. The fourth-order valence-electron chi connectivity index (χ4n) is 9.25. The lowest BCUT2D eigenvalue weighted by atomic mass is 9.81. The van der Waals surface area contributed by atoms with Gasteiger partial charge >= 0.3 is 6.54 Å². The monoisotopic (exact) mass is 928 g/mol. The summed E-state index contributed by atoms with van der Waals surface area (Å²) in [5.41, 5.74) is 7.28. The minimum Gasteiger partial charge on any atom is -0.457 e. The third-order valence-electron chi connectivity index (χ3n) is 12.7. The van der Waals surface area contributed by atoms with E-state index in [0.29, 0.717) is 31.8 Å². The number of nitrogens with zero attached hydrogens (tertiary/aromatic N) is 6. The number of ether oxygens (including phenoxy) is 1. The Morgan fingerprint density at radius 2 is 1.40 bits per heavy atom. The van der Waals surface area contributed by atoms with Crippen molar-refractivity contribution in [1.29, 1.82) is 5.39 Å². The molecule has 3 aliphatic rings. The zero-order valence-electron chi connectivity index (χ0n) is 39.8. The van der Waals surface area contributed by atoms with Gasteiger partial charge in [-0.15, -0.1) is 0 Å². The third kappa shape index (κ3) is 11.5. The Labute approximate surface area is 387 Å². The van der Waals surface area contributed by atoms with Gasteiger partial charge in [-0.25, -0.2) is 0 Å². The molecule has 3 aromatic carbocycles. The number of quaternary nitrogens is 2. The van der Waals surface area contributed by atoms with Gasteiger partial charge in [0.15, 0.2) is 12.3 Å². The van der Waals surface area contributed by atoms with Crippen molar-refractivity contribution in [3.8, 4) is 5.75 Å². The molecule has 6 rings (SSSR count). The van der Waals surface area contributed by atoms with Gasteiger partial charge in [-0.3, -0.25) is 9.11 Å². The highest BCUT2D eigenvalue weighted by Crippen LogP contribution is 2.49. The number of rotatable bonds is 17. The second-order valence-corrected chi connectivity index (χ2v) is 23.5. The van der Waals surface area contributed by atoms with Crippen LogP contribution in [0, 0.1) is 5.39 Å². The Kier molecular flexibility index (Phi) is 14.3. The van der Waals surface area contributed by atoms with Crippen LogP contribution < -0.4 is 9.64 Å². The molecule has 3 aromatic rings. The van der Waals surface area contributed by atoms with E-state index < -0.39 is 31.1 Å². The minimum absolute atomic E-state index is 0.133. The molecule has 2 N–H and O–H groups in total. The standard InChI is InChI=1S/C50H66N6O7S2/c1-49(2)42-34-40(64(57,58)59)22-24-44(42)53(30-12-32-55(5,6)7)46(49)26-18-37-14-11-15-38(48(37)63-39-20-16-36(17-21-39)28-29-52-51)19-27-47-50(3,4)43-35-41(65(60,61)62)23-25-45(43)54(47)31-13-33-56(8,9)10/h16-27,34-35H,11-15,28-33H2,1-10H3/q+2/p+2. The molecule has 0 bridgehead atoms. The van der Waals surface area contributed by atoms with E-state index >= 15 is 0 Å². The highest BCUT2D eigenvalue weighted by atomic mass is 32.2. The van der Waals surface area contributed by atoms with Crippen molar-refractivity contribution >= 4 is 37.3 Å². The highest BCUT2D eigenvalue weighted by Gasteiger charge is 2.45. The zero-order valence-corrected chi connectivity index (χ0v) is 41.4. The van der Waals surface area contributed by atoms with Crippen molar-refractivity contribution in [3.05, 3.63) is 129 Å². The van der Waals surface area contributed by atoms with Gasteiger partial charge in [0.05, 0.1) is 83.4 Å². The summed E-state index contributed by atoms with van der Waals surface area (Å²) in [6.45, 7) is 11.9. The van der Waals surface area contributed by atoms with Crippen LogP contribution in [-0.4, -0.2) is 120 Å². The number of anilines is 1. The molecule has 0 spiro atoms. The maximum absolute atomic E-state index is 12.3. The van der Waals surface area contributed by atoms with Crippen LogP contribution in [0.25, 0.3) is 4.98 Å². The Hall–Kier alpha value is -4.95. The van der Waals surface area contributed by atoms with E-state index in [1.807, 2.05) is 24.3 Å². The molecule has 0 atom stereocenters. The summed E-state index contributed by atoms with van der Waals surface area (Å²) < 4.78 is 80.1. The maximum Gasteiger partial charge on any atom is 0.309 e. The van der Waals surface area contributed by atoms with Gasteiger partial charge in [0.2, 0.25) is 11.1 Å². The molecular formula is C50H68N6O7S2+4. The largest absolute Gasteiger partial charge is 0.457 e. The van der Waals surface area contributed by atoms with Crippen LogP contribution >= 0.6 is 0 Å². The molecule has 2 heterocycles. The van der Waals surface area contributed by atoms with Crippen LogP contribution in [0.15, 0.2) is 117 Å². The molecule has 0 aromatic heterocycles. The first-order valence-corrected chi connectivity index (χ1v) is 25.3. The average Bonchev–Trinajstić information content (AvgIpc) is 3.55. The predicted octanol–water partition coefficient (Wildman–Crippen LogP) is 8.83. The van der Waals surface area contributed by atoms with Gasteiger partial charge in [-0.05, 0) is 110 Å². The van der Waals surface area contributed by atoms with Crippen molar-refractivity contribution in [2.75, 3.05) is 79.9 Å². The summed E-state index contributed by atoms with van der Waals surface area (Å²) >= 11 is 0. The van der Waals surface area contributed by atoms with Crippen molar-refractivity contribution in [1.82, 2.24) is 0 Å². The summed E-state index contributed by atoms with van der Waals surface area (Å²) in [6.07, 6.45) is 13.3. The molecular weight excluding hydrogens is 861 g/mol. The SMILES string of the molecule is CC1(C)C(/C=C/C2=C(Oc3ccc(CC[N+]#N)cc3)C(=C/C=C3/N(CCC[N+](C)(C)C)c4ccc(S(=O)(=O)O)cc4C3(C)C)/CCC2)=[N+](CCC[N+](C)(C)C)c2ccc(S(=O)(=O)O)cc21. The van der Waals surface area contributed by atoms with E-state index in [4.69, 9.17) is 10.1 Å². The number of hydrogen-bond donors (Lipinski definition) is 2. The van der Waals surface area contributed by atoms with Crippen LogP contribution in [-0.2, 0) is 37.5 Å². The average molecular weight is 929 g/mol. The summed E-state index contributed by atoms with van der Waals surface area (Å²) in [7, 11) is 4.15. The van der Waals surface area contributed by atoms with Crippen molar-refractivity contribution in [2.45, 2.75) is 86.8 Å². The summed E-state index contributed by atoms with van der Waals surface area (Å²) in [5, 5.41) is 9.05. The van der Waals surface area contributed by atoms with Crippen LogP contribution in [0.1, 0.15) is 76.5 Å². The van der Waals surface area contributed by atoms with Gasteiger partial charge in [-0.2, -0.15) is 21.4 Å². The van der Waals surface area contributed by atoms with Gasteiger partial charge in [0.1, 0.15) is 16.5 Å². The lowest BCUT2D eigenvalue weighted by molar-refractivity contribution is -0.871. The summed E-state index contributed by atoms with van der Waals surface area (Å²) in [5.74, 6) is 1.39. The Morgan fingerprint density at radius 1 is 0.785 bits per heavy atom. The number of hydrogen-bond acceptors (Lipinski definition) is 7. The summed E-state index contributed by atoms with van der Waals surface area (Å²) in [4.78, 5) is 5.28. The quantitative estimate of drug-likeness (QED) is 0.0586. The normalized spacial score (nSPS) is 18.8. The molecule has 0 saturated carbocycles.